The third kappa shape index (κ3) is 3.68. The molecule has 4 saturated carbocycles. The van der Waals surface area contributed by atoms with Crippen LogP contribution in [-0.2, 0) is 11.2 Å². The lowest BCUT2D eigenvalue weighted by Crippen LogP contribution is -2.29. The summed E-state index contributed by atoms with van der Waals surface area (Å²) < 4.78 is 58.3. The van der Waals surface area contributed by atoms with Crippen molar-refractivity contribution in [3.63, 3.8) is 0 Å². The molecule has 0 unspecified atom stereocenters. The molecule has 6 nitrogen and oxygen atoms in total. The number of hydrogen-bond donors (Lipinski definition) is 1. The SMILES string of the molecule is C[C@]12C=NN=C(c3ccc(CC(=O)O)cc3)[C@H]1[C@@]21CCCC1(F)F.C[C@]12C=NN=C(c3ccccc3)[C@H]1[C@@]21CCCC1(F)F. The number of fused-ring (bicyclic) bond motifs is 6. The van der Waals surface area contributed by atoms with Gasteiger partial charge < -0.3 is 5.11 Å². The number of rotatable bonds is 4. The van der Waals surface area contributed by atoms with Gasteiger partial charge >= 0.3 is 5.97 Å². The molecule has 0 bridgehead atoms. The predicted molar refractivity (Wildman–Crippen MR) is 160 cm³/mol. The number of benzene rings is 2. The third-order valence-corrected chi connectivity index (χ3v) is 11.6. The number of halogens is 4. The fourth-order valence-electron chi connectivity index (χ4n) is 9.44. The fourth-order valence-corrected chi connectivity index (χ4v) is 9.44. The number of carboxylic acid groups (broad SMARTS) is 1. The summed E-state index contributed by atoms with van der Waals surface area (Å²) in [5.41, 5.74) is 0.444. The maximum Gasteiger partial charge on any atom is 0.307 e. The monoisotopic (exact) mass is 606 g/mol. The van der Waals surface area contributed by atoms with E-state index in [0.717, 1.165) is 16.8 Å². The minimum atomic E-state index is -2.70. The molecule has 44 heavy (non-hydrogen) atoms. The molecule has 8 rings (SSSR count). The molecular weight excluding hydrogens is 572 g/mol. The molecule has 2 aromatic carbocycles. The average molecular weight is 607 g/mol. The predicted octanol–water partition coefficient (Wildman–Crippen LogP) is 7.46. The first-order valence-electron chi connectivity index (χ1n) is 15.2. The minimum absolute atomic E-state index is 0.00496. The van der Waals surface area contributed by atoms with E-state index in [9.17, 15) is 22.4 Å². The lowest BCUT2D eigenvalue weighted by Gasteiger charge is -2.22. The van der Waals surface area contributed by atoms with Gasteiger partial charge in [-0.3, -0.25) is 4.79 Å². The van der Waals surface area contributed by atoms with Crippen LogP contribution >= 0.6 is 0 Å². The summed E-state index contributed by atoms with van der Waals surface area (Å²) in [6, 6.07) is 16.5. The molecule has 1 N–H and O–H groups in total. The van der Waals surface area contributed by atoms with Gasteiger partial charge in [0.25, 0.3) is 11.8 Å². The standard InChI is InChI=1S/C18H18F2N2O2.C16H16F2N2/c1-16-10-21-22-14(12-5-3-11(4-6-12)9-13(23)24)15(16)17(16)7-2-8-18(17,19)20;1-14-10-19-20-12(11-6-3-2-4-7-11)13(14)15(14)8-5-9-16(15,17)18/h3-6,10,15H,2,7-9H2,1H3,(H,23,24);2-4,6-7,10,13H,5,8-9H2,1H3/t15-,16+,17+;13-,14+,15+/m11/s1. The summed E-state index contributed by atoms with van der Waals surface area (Å²) >= 11 is 0. The van der Waals surface area contributed by atoms with Crippen molar-refractivity contribution in [2.45, 2.75) is 70.6 Å². The number of aliphatic carboxylic acids is 1. The summed E-state index contributed by atoms with van der Waals surface area (Å²) in [6.45, 7) is 3.77. The molecule has 0 amide bonds. The van der Waals surface area contributed by atoms with E-state index in [-0.39, 0.29) is 31.1 Å². The van der Waals surface area contributed by atoms with Crippen molar-refractivity contribution in [3.8, 4) is 0 Å². The van der Waals surface area contributed by atoms with Gasteiger partial charge in [-0.2, -0.15) is 20.4 Å². The third-order valence-electron chi connectivity index (χ3n) is 11.6. The van der Waals surface area contributed by atoms with Crippen LogP contribution in [0.25, 0.3) is 0 Å². The lowest BCUT2D eigenvalue weighted by molar-refractivity contribution is -0.136. The van der Waals surface area contributed by atoms with Crippen LogP contribution in [0.5, 0.6) is 0 Å². The Labute approximate surface area is 253 Å². The Balaban J connectivity index is 0.000000144. The summed E-state index contributed by atoms with van der Waals surface area (Å²) in [5, 5.41) is 25.3. The molecule has 230 valence electrons. The fraction of sp³-hybridized carbons (Fsp3) is 0.500. The maximum absolute atomic E-state index is 14.6. The Morgan fingerprint density at radius 2 is 1.18 bits per heavy atom. The van der Waals surface area contributed by atoms with E-state index in [1.807, 2.05) is 44.2 Å². The average Bonchev–Trinajstić information content (AvgIpc) is 3.60. The van der Waals surface area contributed by atoms with Gasteiger partial charge in [-0.1, -0.05) is 68.4 Å². The van der Waals surface area contributed by atoms with Crippen LogP contribution in [0.3, 0.4) is 0 Å². The van der Waals surface area contributed by atoms with Crippen molar-refractivity contribution in [1.29, 1.82) is 0 Å². The second-order valence-corrected chi connectivity index (χ2v) is 13.6. The van der Waals surface area contributed by atoms with Crippen LogP contribution in [0, 0.1) is 33.5 Å². The second kappa shape index (κ2) is 9.41. The van der Waals surface area contributed by atoms with Crippen molar-refractivity contribution in [2.75, 3.05) is 0 Å². The first-order chi connectivity index (χ1) is 20.8. The highest BCUT2D eigenvalue weighted by atomic mass is 19.3. The molecule has 0 saturated heterocycles. The highest BCUT2D eigenvalue weighted by Crippen LogP contribution is 2.82. The molecule has 4 fully saturated rings. The van der Waals surface area contributed by atoms with Gasteiger partial charge in [0, 0.05) is 47.9 Å². The summed E-state index contributed by atoms with van der Waals surface area (Å²) in [6.07, 6.45) is 5.29. The van der Waals surface area contributed by atoms with Crippen molar-refractivity contribution in [3.05, 3.63) is 71.3 Å². The zero-order chi connectivity index (χ0) is 31.2. The minimum Gasteiger partial charge on any atom is -0.481 e. The summed E-state index contributed by atoms with van der Waals surface area (Å²) in [4.78, 5) is 10.8. The zero-order valence-corrected chi connectivity index (χ0v) is 24.6. The van der Waals surface area contributed by atoms with Gasteiger partial charge in [-0.05, 0) is 42.4 Å². The number of alkyl halides is 4. The van der Waals surface area contributed by atoms with Crippen LogP contribution < -0.4 is 0 Å². The topological polar surface area (TPSA) is 86.7 Å². The summed E-state index contributed by atoms with van der Waals surface area (Å²) in [7, 11) is 0. The molecule has 6 atom stereocenters. The van der Waals surface area contributed by atoms with E-state index in [4.69, 9.17) is 5.11 Å². The Bertz CT molecular complexity index is 1640. The first kappa shape index (κ1) is 29.0. The number of carboxylic acids is 1. The van der Waals surface area contributed by atoms with Gasteiger partial charge in [0.15, 0.2) is 0 Å². The van der Waals surface area contributed by atoms with E-state index in [1.165, 1.54) is 0 Å². The van der Waals surface area contributed by atoms with Crippen LogP contribution in [0.2, 0.25) is 0 Å². The van der Waals surface area contributed by atoms with Gasteiger partial charge in [0.1, 0.15) is 0 Å². The lowest BCUT2D eigenvalue weighted by atomic mass is 9.90. The van der Waals surface area contributed by atoms with Crippen molar-refractivity contribution in [2.24, 2.45) is 53.9 Å². The Kier molecular flexibility index (Phi) is 6.21. The van der Waals surface area contributed by atoms with Gasteiger partial charge in [-0.15, -0.1) is 0 Å². The van der Waals surface area contributed by atoms with E-state index < -0.39 is 39.5 Å². The van der Waals surface area contributed by atoms with E-state index >= 15 is 0 Å². The van der Waals surface area contributed by atoms with Crippen LogP contribution in [0.1, 0.15) is 69.1 Å². The van der Waals surface area contributed by atoms with Crippen molar-refractivity contribution < 1.29 is 27.5 Å². The van der Waals surface area contributed by atoms with Gasteiger partial charge in [0.05, 0.1) is 28.7 Å². The van der Waals surface area contributed by atoms with E-state index in [2.05, 4.69) is 20.4 Å². The zero-order valence-electron chi connectivity index (χ0n) is 24.6. The first-order valence-corrected chi connectivity index (χ1v) is 15.2. The second-order valence-electron chi connectivity index (χ2n) is 13.6. The van der Waals surface area contributed by atoms with Gasteiger partial charge in [-0.25, -0.2) is 17.6 Å². The summed E-state index contributed by atoms with van der Waals surface area (Å²) in [5.74, 6) is -6.75. The molecule has 0 aromatic heterocycles. The Hall–Kier alpha value is -3.69. The smallest absolute Gasteiger partial charge is 0.307 e. The molecule has 2 heterocycles. The molecule has 4 aliphatic carbocycles. The van der Waals surface area contributed by atoms with Crippen LogP contribution in [0.15, 0.2) is 75.0 Å². The van der Waals surface area contributed by atoms with E-state index in [0.29, 0.717) is 37.0 Å². The Morgan fingerprint density at radius 1 is 0.727 bits per heavy atom. The normalized spacial score (nSPS) is 37.9. The highest BCUT2D eigenvalue weighted by Gasteiger charge is 2.86. The molecule has 10 heteroatoms. The van der Waals surface area contributed by atoms with Crippen LogP contribution in [0.4, 0.5) is 17.6 Å². The maximum atomic E-state index is 14.6. The number of hydrogen-bond acceptors (Lipinski definition) is 5. The van der Waals surface area contributed by atoms with Crippen molar-refractivity contribution >= 4 is 29.8 Å². The number of carbonyl (C=O) groups is 1. The quantitative estimate of drug-likeness (QED) is 0.366. The molecule has 6 aliphatic rings. The molecule has 2 aliphatic heterocycles. The van der Waals surface area contributed by atoms with E-state index in [1.54, 1.807) is 36.7 Å². The number of nitrogens with zero attached hydrogens (tertiary/aromatic N) is 4. The largest absolute Gasteiger partial charge is 0.481 e. The van der Waals surface area contributed by atoms with Crippen LogP contribution in [-0.4, -0.2) is 46.8 Å². The van der Waals surface area contributed by atoms with Crippen molar-refractivity contribution in [1.82, 2.24) is 0 Å². The highest BCUT2D eigenvalue weighted by molar-refractivity contribution is 6.10. The molecule has 2 aromatic rings. The molecular formula is C34H34F4N4O2. The van der Waals surface area contributed by atoms with Gasteiger partial charge in [0.2, 0.25) is 0 Å². The Morgan fingerprint density at radius 3 is 1.59 bits per heavy atom. The molecule has 0 radical (unpaired) electrons. The molecule has 2 spiro atoms.